The maximum atomic E-state index is 11.9. The fourth-order valence-corrected chi connectivity index (χ4v) is 2.23. The smallest absolute Gasteiger partial charge is 0.351 e. The maximum absolute atomic E-state index is 11.9. The number of hydrogen-bond acceptors (Lipinski definition) is 7. The molecule has 20 heavy (non-hydrogen) atoms. The van der Waals surface area contributed by atoms with Crippen LogP contribution in [0.5, 0.6) is 0 Å². The standard InChI is InChI=1S/C12H19N3O5/c1-5(2)6-3-15(12(19)14-10(6)13)11-9(18)8(17)7(4-16)20-11/h3,5,7-9,11,16-18H,4H2,1-2H3,(H2,13,14,19)/t7-,8-,9-,11?/m1/s1. The predicted octanol–water partition coefficient (Wildman–Crippen LogP) is -1.44. The predicted molar refractivity (Wildman–Crippen MR) is 70.0 cm³/mol. The number of hydrogen-bond donors (Lipinski definition) is 4. The number of rotatable bonds is 3. The summed E-state index contributed by atoms with van der Waals surface area (Å²) in [7, 11) is 0. The van der Waals surface area contributed by atoms with E-state index >= 15 is 0 Å². The summed E-state index contributed by atoms with van der Waals surface area (Å²) in [5.74, 6) is 0.166. The molecule has 1 fully saturated rings. The van der Waals surface area contributed by atoms with E-state index in [0.29, 0.717) is 5.56 Å². The zero-order valence-electron chi connectivity index (χ0n) is 11.3. The Bertz CT molecular complexity index is 544. The van der Waals surface area contributed by atoms with Crippen LogP contribution in [-0.4, -0.2) is 49.8 Å². The van der Waals surface area contributed by atoms with Crippen molar-refractivity contribution in [1.82, 2.24) is 9.55 Å². The number of nitrogens with two attached hydrogens (primary N) is 1. The largest absolute Gasteiger partial charge is 0.394 e. The lowest BCUT2D eigenvalue weighted by molar-refractivity contribution is -0.0550. The molecule has 8 nitrogen and oxygen atoms in total. The first-order valence-electron chi connectivity index (χ1n) is 6.37. The van der Waals surface area contributed by atoms with Crippen molar-refractivity contribution in [3.8, 4) is 0 Å². The lowest BCUT2D eigenvalue weighted by Gasteiger charge is -2.19. The molecular weight excluding hydrogens is 266 g/mol. The Morgan fingerprint density at radius 2 is 2.10 bits per heavy atom. The van der Waals surface area contributed by atoms with Crippen molar-refractivity contribution in [3.05, 3.63) is 22.2 Å². The molecular formula is C12H19N3O5. The van der Waals surface area contributed by atoms with Crippen molar-refractivity contribution in [1.29, 1.82) is 0 Å². The zero-order valence-corrected chi connectivity index (χ0v) is 11.3. The number of aliphatic hydroxyl groups excluding tert-OH is 3. The molecule has 1 unspecified atom stereocenters. The molecule has 1 saturated heterocycles. The van der Waals surface area contributed by atoms with Gasteiger partial charge in [0.2, 0.25) is 0 Å². The molecule has 0 bridgehead atoms. The van der Waals surface area contributed by atoms with Crippen molar-refractivity contribution in [2.45, 2.75) is 44.3 Å². The van der Waals surface area contributed by atoms with E-state index in [1.807, 2.05) is 13.8 Å². The summed E-state index contributed by atoms with van der Waals surface area (Å²) in [6.45, 7) is 3.32. The van der Waals surface area contributed by atoms with Crippen molar-refractivity contribution in [3.63, 3.8) is 0 Å². The molecule has 8 heteroatoms. The molecule has 1 aliphatic rings. The summed E-state index contributed by atoms with van der Waals surface area (Å²) in [6.07, 6.45) is -3.16. The van der Waals surface area contributed by atoms with E-state index in [1.54, 1.807) is 0 Å². The van der Waals surface area contributed by atoms with Crippen LogP contribution in [0.1, 0.15) is 31.6 Å². The quantitative estimate of drug-likeness (QED) is 0.535. The van der Waals surface area contributed by atoms with Crippen molar-refractivity contribution in [2.75, 3.05) is 12.3 Å². The van der Waals surface area contributed by atoms with Gasteiger partial charge < -0.3 is 25.8 Å². The Hall–Kier alpha value is -1.48. The van der Waals surface area contributed by atoms with E-state index in [4.69, 9.17) is 15.6 Å². The fraction of sp³-hybridized carbons (Fsp3) is 0.667. The lowest BCUT2D eigenvalue weighted by atomic mass is 10.1. The van der Waals surface area contributed by atoms with Gasteiger partial charge in [-0.3, -0.25) is 4.57 Å². The number of anilines is 1. The molecule has 0 radical (unpaired) electrons. The van der Waals surface area contributed by atoms with E-state index in [9.17, 15) is 15.0 Å². The Balaban J connectivity index is 2.43. The number of aromatic nitrogens is 2. The minimum absolute atomic E-state index is 0.0338. The van der Waals surface area contributed by atoms with Crippen LogP contribution in [0.4, 0.5) is 5.82 Å². The SMILES string of the molecule is CC(C)c1cn(C2O[C@H](CO)[C@@H](O)[C@H]2O)c(=O)nc1N. The second-order valence-corrected chi connectivity index (χ2v) is 5.15. The monoisotopic (exact) mass is 285 g/mol. The Kier molecular flexibility index (Phi) is 4.09. The van der Waals surface area contributed by atoms with Crippen molar-refractivity contribution in [2.24, 2.45) is 0 Å². The summed E-state index contributed by atoms with van der Waals surface area (Å²) >= 11 is 0. The van der Waals surface area contributed by atoms with Crippen LogP contribution in [0, 0.1) is 0 Å². The number of nitrogens with zero attached hydrogens (tertiary/aromatic N) is 2. The molecule has 1 aliphatic heterocycles. The highest BCUT2D eigenvalue weighted by atomic mass is 16.6. The molecule has 4 atom stereocenters. The third-order valence-corrected chi connectivity index (χ3v) is 3.42. The van der Waals surface area contributed by atoms with Crippen LogP contribution < -0.4 is 11.4 Å². The van der Waals surface area contributed by atoms with Gasteiger partial charge >= 0.3 is 5.69 Å². The van der Waals surface area contributed by atoms with E-state index in [-0.39, 0.29) is 11.7 Å². The molecule has 5 N–H and O–H groups in total. The van der Waals surface area contributed by atoms with Crippen LogP contribution in [0.2, 0.25) is 0 Å². The Morgan fingerprint density at radius 1 is 1.45 bits per heavy atom. The molecule has 2 rings (SSSR count). The molecule has 112 valence electrons. The van der Waals surface area contributed by atoms with Gasteiger partial charge in [0.15, 0.2) is 6.23 Å². The first-order valence-corrected chi connectivity index (χ1v) is 6.37. The van der Waals surface area contributed by atoms with E-state index in [1.165, 1.54) is 6.20 Å². The van der Waals surface area contributed by atoms with Gasteiger partial charge in [0, 0.05) is 11.8 Å². The van der Waals surface area contributed by atoms with Crippen LogP contribution in [0.25, 0.3) is 0 Å². The van der Waals surface area contributed by atoms with E-state index in [2.05, 4.69) is 4.98 Å². The van der Waals surface area contributed by atoms with Gasteiger partial charge in [-0.25, -0.2) is 4.79 Å². The van der Waals surface area contributed by atoms with Gasteiger partial charge in [-0.2, -0.15) is 4.98 Å². The highest BCUT2D eigenvalue weighted by Gasteiger charge is 2.43. The normalized spacial score (nSPS) is 30.1. The molecule has 0 spiro atoms. The van der Waals surface area contributed by atoms with Crippen molar-refractivity contribution < 1.29 is 20.1 Å². The van der Waals surface area contributed by atoms with Crippen LogP contribution >= 0.6 is 0 Å². The number of aliphatic hydroxyl groups is 3. The minimum atomic E-state index is -1.32. The molecule has 1 aromatic heterocycles. The van der Waals surface area contributed by atoms with Gasteiger partial charge in [0.05, 0.1) is 6.61 Å². The molecule has 0 saturated carbocycles. The Labute approximate surface area is 115 Å². The summed E-state index contributed by atoms with van der Waals surface area (Å²) < 4.78 is 6.40. The molecule has 2 heterocycles. The van der Waals surface area contributed by atoms with Gasteiger partial charge in [0.1, 0.15) is 24.1 Å². The third kappa shape index (κ3) is 2.42. The minimum Gasteiger partial charge on any atom is -0.394 e. The van der Waals surface area contributed by atoms with Crippen LogP contribution in [0.15, 0.2) is 11.0 Å². The maximum Gasteiger partial charge on any atom is 0.351 e. The van der Waals surface area contributed by atoms with E-state index in [0.717, 1.165) is 4.57 Å². The molecule has 0 amide bonds. The van der Waals surface area contributed by atoms with Gasteiger partial charge in [-0.1, -0.05) is 13.8 Å². The summed E-state index contributed by atoms with van der Waals surface area (Å²) in [4.78, 5) is 15.6. The second-order valence-electron chi connectivity index (χ2n) is 5.15. The highest BCUT2D eigenvalue weighted by Crippen LogP contribution is 2.29. The average Bonchev–Trinajstić information content (AvgIpc) is 2.66. The second kappa shape index (κ2) is 5.49. The van der Waals surface area contributed by atoms with Crippen LogP contribution in [0.3, 0.4) is 0 Å². The van der Waals surface area contributed by atoms with Gasteiger partial charge in [0.25, 0.3) is 0 Å². The first kappa shape index (κ1) is 14.9. The number of nitrogen functional groups attached to an aromatic ring is 1. The average molecular weight is 285 g/mol. The lowest BCUT2D eigenvalue weighted by Crippen LogP contribution is -2.36. The summed E-state index contributed by atoms with van der Waals surface area (Å²) in [5, 5.41) is 28.7. The topological polar surface area (TPSA) is 131 Å². The Morgan fingerprint density at radius 3 is 2.60 bits per heavy atom. The fourth-order valence-electron chi connectivity index (χ4n) is 2.23. The van der Waals surface area contributed by atoms with Gasteiger partial charge in [-0.05, 0) is 5.92 Å². The third-order valence-electron chi connectivity index (χ3n) is 3.42. The number of ether oxygens (including phenoxy) is 1. The highest BCUT2D eigenvalue weighted by molar-refractivity contribution is 5.39. The zero-order chi connectivity index (χ0) is 15.0. The molecule has 1 aromatic rings. The summed E-state index contributed by atoms with van der Waals surface area (Å²) in [6, 6.07) is 0. The van der Waals surface area contributed by atoms with Crippen LogP contribution in [-0.2, 0) is 4.74 Å². The molecule has 0 aliphatic carbocycles. The summed E-state index contributed by atoms with van der Waals surface area (Å²) in [5.41, 5.74) is 5.65. The van der Waals surface area contributed by atoms with Gasteiger partial charge in [-0.15, -0.1) is 0 Å². The van der Waals surface area contributed by atoms with E-state index < -0.39 is 36.8 Å². The molecule has 0 aromatic carbocycles. The first-order chi connectivity index (χ1) is 9.36. The van der Waals surface area contributed by atoms with Crippen molar-refractivity contribution >= 4 is 5.82 Å².